The van der Waals surface area contributed by atoms with E-state index in [1.807, 2.05) is 13.0 Å². The maximum atomic E-state index is 11.2. The largest absolute Gasteiger partial charge is 0.465 e. The summed E-state index contributed by atoms with van der Waals surface area (Å²) in [5, 5.41) is 6.68. The van der Waals surface area contributed by atoms with Gasteiger partial charge in [0.15, 0.2) is 5.76 Å². The Kier molecular flexibility index (Phi) is 5.56. The lowest BCUT2D eigenvalue weighted by atomic mass is 10.4. The van der Waals surface area contributed by atoms with Gasteiger partial charge < -0.3 is 9.26 Å². The van der Waals surface area contributed by atoms with Crippen LogP contribution in [0.2, 0.25) is 0 Å². The number of unbranched alkanes of at least 4 members (excludes halogenated alkanes) is 1. The molecule has 0 aliphatic carbocycles. The van der Waals surface area contributed by atoms with Crippen molar-refractivity contribution in [3.05, 3.63) is 17.5 Å². The van der Waals surface area contributed by atoms with Crippen LogP contribution in [0.4, 0.5) is 0 Å². The Balaban J connectivity index is 2.08. The molecule has 5 nitrogen and oxygen atoms in total. The highest BCUT2D eigenvalue weighted by Gasteiger charge is 2.04. The van der Waals surface area contributed by atoms with E-state index in [0.29, 0.717) is 13.2 Å². The van der Waals surface area contributed by atoms with Crippen LogP contribution < -0.4 is 5.32 Å². The molecule has 0 saturated carbocycles. The summed E-state index contributed by atoms with van der Waals surface area (Å²) < 4.78 is 9.96. The molecule has 1 rings (SSSR count). The molecule has 0 radical (unpaired) electrons. The maximum absolute atomic E-state index is 11.2. The molecule has 0 atom stereocenters. The van der Waals surface area contributed by atoms with Crippen molar-refractivity contribution < 1.29 is 14.1 Å². The van der Waals surface area contributed by atoms with Gasteiger partial charge in [0.1, 0.15) is 0 Å². The quantitative estimate of drug-likeness (QED) is 0.562. The number of rotatable bonds is 7. The number of carbonyl (C=O) groups is 1. The third-order valence-corrected chi connectivity index (χ3v) is 2.01. The molecule has 1 heterocycles. The zero-order valence-corrected chi connectivity index (χ0v) is 9.78. The van der Waals surface area contributed by atoms with Gasteiger partial charge in [-0.15, -0.1) is 0 Å². The molecule has 5 heteroatoms. The van der Waals surface area contributed by atoms with Crippen molar-refractivity contribution >= 4 is 5.97 Å². The summed E-state index contributed by atoms with van der Waals surface area (Å²) in [7, 11) is 0. The van der Waals surface area contributed by atoms with Gasteiger partial charge >= 0.3 is 5.97 Å². The first-order valence-corrected chi connectivity index (χ1v) is 5.51. The minimum Gasteiger partial charge on any atom is -0.465 e. The van der Waals surface area contributed by atoms with Gasteiger partial charge in [0.2, 0.25) is 0 Å². The van der Waals surface area contributed by atoms with Crippen LogP contribution in [-0.2, 0) is 16.1 Å². The molecular weight excluding hydrogens is 208 g/mol. The Morgan fingerprint density at radius 3 is 3.06 bits per heavy atom. The molecule has 0 fully saturated rings. The fourth-order valence-corrected chi connectivity index (χ4v) is 1.17. The number of carbonyl (C=O) groups excluding carboxylic acids is 1. The molecule has 0 spiro atoms. The van der Waals surface area contributed by atoms with Crippen molar-refractivity contribution in [3.8, 4) is 0 Å². The smallest absolute Gasteiger partial charge is 0.319 e. The van der Waals surface area contributed by atoms with Crippen molar-refractivity contribution in [1.29, 1.82) is 0 Å². The monoisotopic (exact) mass is 226 g/mol. The number of esters is 1. The lowest BCUT2D eigenvalue weighted by molar-refractivity contribution is -0.142. The van der Waals surface area contributed by atoms with Gasteiger partial charge in [-0.05, 0) is 13.3 Å². The van der Waals surface area contributed by atoms with Gasteiger partial charge in [-0.1, -0.05) is 18.5 Å². The van der Waals surface area contributed by atoms with E-state index in [1.54, 1.807) is 0 Å². The van der Waals surface area contributed by atoms with Crippen molar-refractivity contribution in [3.63, 3.8) is 0 Å². The van der Waals surface area contributed by atoms with E-state index in [1.165, 1.54) is 0 Å². The standard InChI is InChI=1S/C11H18N2O3/c1-3-4-5-15-11(14)8-12-7-10-6-9(2)13-16-10/h6,12H,3-5,7-8H2,1-2H3. The zero-order valence-electron chi connectivity index (χ0n) is 9.78. The molecule has 0 unspecified atom stereocenters. The van der Waals surface area contributed by atoms with Crippen molar-refractivity contribution in [1.82, 2.24) is 10.5 Å². The minimum absolute atomic E-state index is 0.198. The molecule has 0 aromatic carbocycles. The number of aromatic nitrogens is 1. The predicted molar refractivity (Wildman–Crippen MR) is 58.8 cm³/mol. The first-order chi connectivity index (χ1) is 7.72. The van der Waals surface area contributed by atoms with Gasteiger partial charge in [0.05, 0.1) is 25.4 Å². The first-order valence-electron chi connectivity index (χ1n) is 5.51. The fourth-order valence-electron chi connectivity index (χ4n) is 1.17. The molecule has 0 amide bonds. The van der Waals surface area contributed by atoms with Crippen LogP contribution in [0.25, 0.3) is 0 Å². The number of ether oxygens (including phenoxy) is 1. The summed E-state index contributed by atoms with van der Waals surface area (Å²) in [6.45, 7) is 5.09. The number of hydrogen-bond acceptors (Lipinski definition) is 5. The second-order valence-corrected chi connectivity index (χ2v) is 3.61. The van der Waals surface area contributed by atoms with Gasteiger partial charge in [-0.25, -0.2) is 0 Å². The van der Waals surface area contributed by atoms with Crippen molar-refractivity contribution in [2.24, 2.45) is 0 Å². The Morgan fingerprint density at radius 2 is 2.44 bits per heavy atom. The number of nitrogens with one attached hydrogen (secondary N) is 1. The predicted octanol–water partition coefficient (Wildman–Crippen LogP) is 1.42. The molecular formula is C11H18N2O3. The highest BCUT2D eigenvalue weighted by atomic mass is 16.5. The second-order valence-electron chi connectivity index (χ2n) is 3.61. The summed E-state index contributed by atoms with van der Waals surface area (Å²) in [5.74, 6) is 0.489. The van der Waals surface area contributed by atoms with Gasteiger partial charge in [0.25, 0.3) is 0 Å². The molecule has 0 aliphatic heterocycles. The van der Waals surface area contributed by atoms with Gasteiger partial charge in [0, 0.05) is 6.07 Å². The van der Waals surface area contributed by atoms with E-state index < -0.39 is 0 Å². The van der Waals surface area contributed by atoms with Crippen LogP contribution >= 0.6 is 0 Å². The van der Waals surface area contributed by atoms with Crippen LogP contribution in [0.15, 0.2) is 10.6 Å². The number of aryl methyl sites for hydroxylation is 1. The summed E-state index contributed by atoms with van der Waals surface area (Å²) in [6, 6.07) is 1.83. The van der Waals surface area contributed by atoms with E-state index >= 15 is 0 Å². The summed E-state index contributed by atoms with van der Waals surface area (Å²) >= 11 is 0. The van der Waals surface area contributed by atoms with Crippen LogP contribution in [0, 0.1) is 6.92 Å². The lowest BCUT2D eigenvalue weighted by Crippen LogP contribution is -2.24. The van der Waals surface area contributed by atoms with Crippen LogP contribution in [0.5, 0.6) is 0 Å². The average molecular weight is 226 g/mol. The minimum atomic E-state index is -0.232. The molecule has 0 saturated heterocycles. The topological polar surface area (TPSA) is 64.4 Å². The Morgan fingerprint density at radius 1 is 1.62 bits per heavy atom. The Labute approximate surface area is 95.1 Å². The molecule has 0 aliphatic rings. The SMILES string of the molecule is CCCCOC(=O)CNCc1cc(C)no1. The second kappa shape index (κ2) is 7.00. The first kappa shape index (κ1) is 12.7. The highest BCUT2D eigenvalue weighted by Crippen LogP contribution is 2.00. The molecule has 1 aromatic rings. The van der Waals surface area contributed by atoms with E-state index in [9.17, 15) is 4.79 Å². The van der Waals surface area contributed by atoms with E-state index in [2.05, 4.69) is 17.4 Å². The highest BCUT2D eigenvalue weighted by molar-refractivity contribution is 5.71. The summed E-state index contributed by atoms with van der Waals surface area (Å²) in [5.41, 5.74) is 0.835. The third-order valence-electron chi connectivity index (χ3n) is 2.01. The molecule has 90 valence electrons. The van der Waals surface area contributed by atoms with Crippen LogP contribution in [0.3, 0.4) is 0 Å². The summed E-state index contributed by atoms with van der Waals surface area (Å²) in [4.78, 5) is 11.2. The van der Waals surface area contributed by atoms with Crippen molar-refractivity contribution in [2.45, 2.75) is 33.2 Å². The fraction of sp³-hybridized carbons (Fsp3) is 0.636. The summed E-state index contributed by atoms with van der Waals surface area (Å²) in [6.07, 6.45) is 1.94. The van der Waals surface area contributed by atoms with Crippen LogP contribution in [-0.4, -0.2) is 24.3 Å². The third kappa shape index (κ3) is 4.93. The van der Waals surface area contributed by atoms with E-state index in [4.69, 9.17) is 9.26 Å². The Hall–Kier alpha value is -1.36. The normalized spacial score (nSPS) is 10.4. The maximum Gasteiger partial charge on any atom is 0.319 e. The Bertz CT molecular complexity index is 323. The zero-order chi connectivity index (χ0) is 11.8. The number of nitrogens with zero attached hydrogens (tertiary/aromatic N) is 1. The van der Waals surface area contributed by atoms with Gasteiger partial charge in [-0.2, -0.15) is 0 Å². The van der Waals surface area contributed by atoms with Gasteiger partial charge in [-0.3, -0.25) is 10.1 Å². The van der Waals surface area contributed by atoms with E-state index in [-0.39, 0.29) is 12.5 Å². The lowest BCUT2D eigenvalue weighted by Gasteiger charge is -2.03. The molecule has 1 aromatic heterocycles. The average Bonchev–Trinajstić information content (AvgIpc) is 2.65. The van der Waals surface area contributed by atoms with Crippen molar-refractivity contribution in [2.75, 3.05) is 13.2 Å². The molecule has 16 heavy (non-hydrogen) atoms. The van der Waals surface area contributed by atoms with E-state index in [0.717, 1.165) is 24.3 Å². The molecule has 0 bridgehead atoms. The molecule has 1 N–H and O–H groups in total. The van der Waals surface area contributed by atoms with Crippen LogP contribution in [0.1, 0.15) is 31.2 Å². The number of hydrogen-bond donors (Lipinski definition) is 1.